The summed E-state index contributed by atoms with van der Waals surface area (Å²) in [6.07, 6.45) is 9.15. The molecule has 0 aliphatic heterocycles. The first-order valence-corrected chi connectivity index (χ1v) is 9.77. The second kappa shape index (κ2) is 14.1. The standard InChI is InChI=1S/C22H36O3/c1-3-5-6-7-8-12-16-21(23)20(13-4-2)22(24)18-25-17-19-14-10-9-11-15-19/h4,9-11,14-15,20-24H,2-3,5-8,12-13,16-18H2,1H3/t20-,21+,22+/m1/s1. The Morgan fingerprint density at radius 1 is 1.00 bits per heavy atom. The summed E-state index contributed by atoms with van der Waals surface area (Å²) in [4.78, 5) is 0. The van der Waals surface area contributed by atoms with Crippen molar-refractivity contribution in [3.63, 3.8) is 0 Å². The highest BCUT2D eigenvalue weighted by Crippen LogP contribution is 2.21. The van der Waals surface area contributed by atoms with Gasteiger partial charge in [0.15, 0.2) is 0 Å². The van der Waals surface area contributed by atoms with Crippen molar-refractivity contribution in [1.29, 1.82) is 0 Å². The molecule has 142 valence electrons. The molecule has 0 radical (unpaired) electrons. The van der Waals surface area contributed by atoms with E-state index in [0.717, 1.165) is 24.8 Å². The molecule has 0 spiro atoms. The zero-order valence-electron chi connectivity index (χ0n) is 15.8. The average molecular weight is 349 g/mol. The second-order valence-electron chi connectivity index (χ2n) is 6.88. The van der Waals surface area contributed by atoms with E-state index in [2.05, 4.69) is 13.5 Å². The van der Waals surface area contributed by atoms with E-state index in [9.17, 15) is 10.2 Å². The van der Waals surface area contributed by atoms with Crippen LogP contribution in [0, 0.1) is 5.92 Å². The molecule has 2 N–H and O–H groups in total. The van der Waals surface area contributed by atoms with Gasteiger partial charge in [0.2, 0.25) is 0 Å². The zero-order chi connectivity index (χ0) is 18.3. The van der Waals surface area contributed by atoms with Crippen molar-refractivity contribution in [2.75, 3.05) is 6.61 Å². The van der Waals surface area contributed by atoms with E-state index in [1.807, 2.05) is 30.3 Å². The maximum Gasteiger partial charge on any atom is 0.0829 e. The molecule has 0 aliphatic rings. The van der Waals surface area contributed by atoms with Crippen LogP contribution in [0.1, 0.15) is 63.9 Å². The number of benzene rings is 1. The quantitative estimate of drug-likeness (QED) is 0.351. The lowest BCUT2D eigenvalue weighted by Gasteiger charge is -2.27. The summed E-state index contributed by atoms with van der Waals surface area (Å²) in [7, 11) is 0. The lowest BCUT2D eigenvalue weighted by molar-refractivity contribution is -0.0431. The minimum Gasteiger partial charge on any atom is -0.393 e. The van der Waals surface area contributed by atoms with Gasteiger partial charge in [-0.05, 0) is 18.4 Å². The monoisotopic (exact) mass is 348 g/mol. The molecule has 0 bridgehead atoms. The fraction of sp³-hybridized carbons (Fsp3) is 0.636. The number of aliphatic hydroxyl groups is 2. The molecule has 25 heavy (non-hydrogen) atoms. The molecule has 0 aromatic heterocycles. The fourth-order valence-corrected chi connectivity index (χ4v) is 3.11. The minimum absolute atomic E-state index is 0.205. The smallest absolute Gasteiger partial charge is 0.0829 e. The maximum atomic E-state index is 10.5. The van der Waals surface area contributed by atoms with Crippen LogP contribution in [-0.2, 0) is 11.3 Å². The van der Waals surface area contributed by atoms with Crippen LogP contribution >= 0.6 is 0 Å². The van der Waals surface area contributed by atoms with Crippen LogP contribution in [0.25, 0.3) is 0 Å². The molecular weight excluding hydrogens is 312 g/mol. The molecule has 0 unspecified atom stereocenters. The lowest BCUT2D eigenvalue weighted by Crippen LogP contribution is -2.34. The highest BCUT2D eigenvalue weighted by Gasteiger charge is 2.25. The van der Waals surface area contributed by atoms with Crippen molar-refractivity contribution < 1.29 is 14.9 Å². The summed E-state index contributed by atoms with van der Waals surface area (Å²) >= 11 is 0. The number of allylic oxidation sites excluding steroid dienone is 1. The van der Waals surface area contributed by atoms with Crippen LogP contribution in [0.15, 0.2) is 43.0 Å². The van der Waals surface area contributed by atoms with E-state index < -0.39 is 12.2 Å². The third kappa shape index (κ3) is 9.78. The van der Waals surface area contributed by atoms with Gasteiger partial charge in [-0.25, -0.2) is 0 Å². The first kappa shape index (κ1) is 21.9. The SMILES string of the molecule is C=CC[C@H]([C@@H](O)CCCCCCCC)[C@@H](O)COCc1ccccc1. The van der Waals surface area contributed by atoms with E-state index in [-0.39, 0.29) is 12.5 Å². The van der Waals surface area contributed by atoms with Crippen molar-refractivity contribution in [1.82, 2.24) is 0 Å². The van der Waals surface area contributed by atoms with Gasteiger partial charge >= 0.3 is 0 Å². The van der Waals surface area contributed by atoms with Gasteiger partial charge in [-0.15, -0.1) is 6.58 Å². The van der Waals surface area contributed by atoms with Gasteiger partial charge in [0, 0.05) is 5.92 Å². The molecule has 0 heterocycles. The van der Waals surface area contributed by atoms with E-state index >= 15 is 0 Å². The first-order valence-electron chi connectivity index (χ1n) is 9.77. The van der Waals surface area contributed by atoms with Gasteiger partial charge in [-0.2, -0.15) is 0 Å². The van der Waals surface area contributed by atoms with Crippen molar-refractivity contribution in [3.8, 4) is 0 Å². The highest BCUT2D eigenvalue weighted by molar-refractivity contribution is 5.13. The third-order valence-electron chi connectivity index (χ3n) is 4.68. The summed E-state index contributed by atoms with van der Waals surface area (Å²) in [5.41, 5.74) is 1.09. The van der Waals surface area contributed by atoms with Gasteiger partial charge in [-0.1, -0.05) is 81.9 Å². The largest absolute Gasteiger partial charge is 0.393 e. The molecule has 1 aromatic rings. The van der Waals surface area contributed by atoms with Crippen LogP contribution in [-0.4, -0.2) is 29.0 Å². The van der Waals surface area contributed by atoms with Crippen molar-refractivity contribution in [3.05, 3.63) is 48.6 Å². The first-order chi connectivity index (χ1) is 12.2. The number of unbranched alkanes of at least 4 members (excludes halogenated alkanes) is 5. The molecule has 1 rings (SSSR count). The number of ether oxygens (including phenoxy) is 1. The van der Waals surface area contributed by atoms with Gasteiger partial charge < -0.3 is 14.9 Å². The number of hydrogen-bond acceptors (Lipinski definition) is 3. The predicted molar refractivity (Wildman–Crippen MR) is 104 cm³/mol. The highest BCUT2D eigenvalue weighted by atomic mass is 16.5. The fourth-order valence-electron chi connectivity index (χ4n) is 3.11. The van der Waals surface area contributed by atoms with E-state index in [1.165, 1.54) is 25.7 Å². The molecular formula is C22H36O3. The molecule has 0 saturated heterocycles. The molecule has 1 aromatic carbocycles. The number of rotatable bonds is 15. The van der Waals surface area contributed by atoms with Crippen molar-refractivity contribution in [2.45, 2.75) is 77.1 Å². The molecule has 3 nitrogen and oxygen atoms in total. The average Bonchev–Trinajstić information content (AvgIpc) is 2.63. The van der Waals surface area contributed by atoms with Crippen LogP contribution < -0.4 is 0 Å². The molecule has 0 amide bonds. The van der Waals surface area contributed by atoms with E-state index in [0.29, 0.717) is 13.0 Å². The van der Waals surface area contributed by atoms with Gasteiger partial charge in [-0.3, -0.25) is 0 Å². The summed E-state index contributed by atoms with van der Waals surface area (Å²) in [6.45, 7) is 6.69. The molecule has 3 atom stereocenters. The maximum absolute atomic E-state index is 10.5. The van der Waals surface area contributed by atoms with Gasteiger partial charge in [0.25, 0.3) is 0 Å². The Morgan fingerprint density at radius 2 is 1.68 bits per heavy atom. The predicted octanol–water partition coefficient (Wildman–Crippen LogP) is 4.87. The van der Waals surface area contributed by atoms with Crippen LogP contribution in [0.3, 0.4) is 0 Å². The molecule has 3 heteroatoms. The zero-order valence-corrected chi connectivity index (χ0v) is 15.8. The Hall–Kier alpha value is -1.16. The second-order valence-corrected chi connectivity index (χ2v) is 6.88. The van der Waals surface area contributed by atoms with Crippen LogP contribution in [0.2, 0.25) is 0 Å². The van der Waals surface area contributed by atoms with Crippen molar-refractivity contribution >= 4 is 0 Å². The Balaban J connectivity index is 2.30. The Kier molecular flexibility index (Phi) is 12.3. The summed E-state index contributed by atoms with van der Waals surface area (Å²) < 4.78 is 5.63. The number of hydrogen-bond donors (Lipinski definition) is 2. The Labute approximate surface area is 153 Å². The Bertz CT molecular complexity index is 432. The Morgan fingerprint density at radius 3 is 2.36 bits per heavy atom. The molecule has 0 fully saturated rings. The van der Waals surface area contributed by atoms with Crippen LogP contribution in [0.4, 0.5) is 0 Å². The van der Waals surface area contributed by atoms with Crippen LogP contribution in [0.5, 0.6) is 0 Å². The number of aliphatic hydroxyl groups excluding tert-OH is 2. The topological polar surface area (TPSA) is 49.7 Å². The minimum atomic E-state index is -0.670. The lowest BCUT2D eigenvalue weighted by atomic mass is 9.89. The third-order valence-corrected chi connectivity index (χ3v) is 4.68. The van der Waals surface area contributed by atoms with Crippen molar-refractivity contribution in [2.24, 2.45) is 5.92 Å². The van der Waals surface area contributed by atoms with E-state index in [4.69, 9.17) is 4.74 Å². The summed E-state index contributed by atoms with van der Waals surface area (Å²) in [6, 6.07) is 9.92. The van der Waals surface area contributed by atoms with Gasteiger partial charge in [0.05, 0.1) is 25.4 Å². The molecule has 0 saturated carbocycles. The van der Waals surface area contributed by atoms with E-state index in [1.54, 1.807) is 6.08 Å². The van der Waals surface area contributed by atoms with Gasteiger partial charge in [0.1, 0.15) is 0 Å². The summed E-state index contributed by atoms with van der Waals surface area (Å²) in [5.74, 6) is -0.205. The normalized spacial score (nSPS) is 14.8. The molecule has 0 aliphatic carbocycles. The summed E-state index contributed by atoms with van der Waals surface area (Å²) in [5, 5.41) is 20.9.